The lowest BCUT2D eigenvalue weighted by Crippen LogP contribution is -2.20. The summed E-state index contributed by atoms with van der Waals surface area (Å²) in [5, 5.41) is 8.54. The molecule has 1 amide bonds. The van der Waals surface area contributed by atoms with Crippen molar-refractivity contribution in [2.45, 2.75) is 13.2 Å². The molecule has 1 rings (SSSR count). The molecule has 1 aromatic carbocycles. The molecule has 0 radical (unpaired) electrons. The Balaban J connectivity index is 2.67. The average Bonchev–Trinajstić information content (AvgIpc) is 2.26. The van der Waals surface area contributed by atoms with E-state index in [1.54, 1.807) is 12.1 Å². The SMILES string of the molecule is O=C(O)N(Cc1ccc(CF)cc1)SF. The fourth-order valence-corrected chi connectivity index (χ4v) is 1.28. The molecule has 0 bridgehead atoms. The molecule has 0 heterocycles. The Morgan fingerprint density at radius 3 is 2.27 bits per heavy atom. The third-order valence-corrected chi connectivity index (χ3v) is 2.25. The number of amides is 1. The van der Waals surface area contributed by atoms with Crippen LogP contribution in [0.2, 0.25) is 0 Å². The number of rotatable bonds is 4. The third-order valence-electron chi connectivity index (χ3n) is 1.80. The summed E-state index contributed by atoms with van der Waals surface area (Å²) in [6, 6.07) is 6.22. The second kappa shape index (κ2) is 5.55. The highest BCUT2D eigenvalue weighted by Crippen LogP contribution is 2.16. The Bertz CT molecular complexity index is 331. The van der Waals surface area contributed by atoms with Crippen molar-refractivity contribution in [3.8, 4) is 0 Å². The zero-order chi connectivity index (χ0) is 11.3. The summed E-state index contributed by atoms with van der Waals surface area (Å²) in [4.78, 5) is 10.5. The van der Waals surface area contributed by atoms with Gasteiger partial charge in [0.25, 0.3) is 0 Å². The Morgan fingerprint density at radius 1 is 1.33 bits per heavy atom. The lowest BCUT2D eigenvalue weighted by atomic mass is 10.1. The van der Waals surface area contributed by atoms with Crippen LogP contribution in [0.25, 0.3) is 0 Å². The van der Waals surface area contributed by atoms with Crippen LogP contribution in [0.4, 0.5) is 13.1 Å². The van der Waals surface area contributed by atoms with E-state index in [-0.39, 0.29) is 18.9 Å². The van der Waals surface area contributed by atoms with Crippen LogP contribution in [-0.2, 0) is 13.2 Å². The molecule has 1 N–H and O–H groups in total. The van der Waals surface area contributed by atoms with Crippen LogP contribution in [0, 0.1) is 0 Å². The molecule has 0 saturated carbocycles. The Morgan fingerprint density at radius 2 is 1.87 bits per heavy atom. The second-order valence-corrected chi connectivity index (χ2v) is 3.42. The standard InChI is InChI=1S/C9H9F2NO2S/c10-5-7-1-3-8(4-2-7)6-12(15-11)9(13)14/h1-4H,5-6H2,(H,13,14). The van der Waals surface area contributed by atoms with Crippen LogP contribution in [0.5, 0.6) is 0 Å². The van der Waals surface area contributed by atoms with Gasteiger partial charge in [0.1, 0.15) is 6.67 Å². The molecule has 0 saturated heterocycles. The minimum Gasteiger partial charge on any atom is -0.464 e. The molecule has 0 spiro atoms. The van der Waals surface area contributed by atoms with Crippen LogP contribution in [0.15, 0.2) is 24.3 Å². The molecule has 1 aromatic rings. The van der Waals surface area contributed by atoms with Crippen LogP contribution >= 0.6 is 12.3 Å². The van der Waals surface area contributed by atoms with E-state index >= 15 is 0 Å². The van der Waals surface area contributed by atoms with Crippen molar-refractivity contribution >= 4 is 18.4 Å². The molecule has 0 unspecified atom stereocenters. The molecule has 6 heteroatoms. The van der Waals surface area contributed by atoms with E-state index in [1.807, 2.05) is 0 Å². The first-order chi connectivity index (χ1) is 7.17. The number of carboxylic acid groups (broad SMARTS) is 1. The fourth-order valence-electron chi connectivity index (χ4n) is 1.02. The number of alkyl halides is 1. The minimum absolute atomic E-state index is 0.0664. The molecular weight excluding hydrogens is 224 g/mol. The smallest absolute Gasteiger partial charge is 0.419 e. The van der Waals surface area contributed by atoms with Crippen molar-refractivity contribution in [1.29, 1.82) is 0 Å². The summed E-state index contributed by atoms with van der Waals surface area (Å²) in [5.41, 5.74) is 1.12. The molecule has 3 nitrogen and oxygen atoms in total. The Hall–Kier alpha value is -1.30. The summed E-state index contributed by atoms with van der Waals surface area (Å²) >= 11 is -0.357. The number of nitrogens with zero attached hydrogens (tertiary/aromatic N) is 1. The van der Waals surface area contributed by atoms with E-state index in [0.29, 0.717) is 15.4 Å². The van der Waals surface area contributed by atoms with Crippen LogP contribution in [0.3, 0.4) is 0 Å². The summed E-state index contributed by atoms with van der Waals surface area (Å²) in [5.74, 6) is 0. The highest BCUT2D eigenvalue weighted by molar-refractivity contribution is 7.92. The van der Waals surface area contributed by atoms with Crippen molar-refractivity contribution in [2.75, 3.05) is 0 Å². The summed E-state index contributed by atoms with van der Waals surface area (Å²) in [6.07, 6.45) is -1.35. The van der Waals surface area contributed by atoms with Crippen molar-refractivity contribution in [1.82, 2.24) is 4.31 Å². The van der Waals surface area contributed by atoms with Gasteiger partial charge in [-0.3, -0.25) is 0 Å². The lowest BCUT2D eigenvalue weighted by molar-refractivity contribution is 0.173. The predicted molar refractivity (Wildman–Crippen MR) is 53.5 cm³/mol. The number of benzene rings is 1. The normalized spacial score (nSPS) is 10.0. The lowest BCUT2D eigenvalue weighted by Gasteiger charge is -2.12. The van der Waals surface area contributed by atoms with Gasteiger partial charge in [0.2, 0.25) is 0 Å². The van der Waals surface area contributed by atoms with Crippen molar-refractivity contribution < 1.29 is 18.2 Å². The highest BCUT2D eigenvalue weighted by atomic mass is 32.2. The van der Waals surface area contributed by atoms with Gasteiger partial charge in [-0.2, -0.15) is 0 Å². The molecule has 0 atom stereocenters. The van der Waals surface area contributed by atoms with E-state index in [4.69, 9.17) is 5.11 Å². The van der Waals surface area contributed by atoms with E-state index in [0.717, 1.165) is 0 Å². The van der Waals surface area contributed by atoms with Gasteiger partial charge < -0.3 is 5.11 Å². The van der Waals surface area contributed by atoms with Gasteiger partial charge in [0.15, 0.2) is 12.3 Å². The molecule has 0 aliphatic rings. The molecule has 0 aliphatic carbocycles. The fraction of sp³-hybridized carbons (Fsp3) is 0.222. The number of carbonyl (C=O) groups is 1. The minimum atomic E-state index is -1.35. The van der Waals surface area contributed by atoms with Gasteiger partial charge in [0, 0.05) is 0 Å². The Labute approximate surface area is 90.1 Å². The van der Waals surface area contributed by atoms with Gasteiger partial charge in [-0.05, 0) is 11.1 Å². The van der Waals surface area contributed by atoms with Gasteiger partial charge in [-0.1, -0.05) is 24.3 Å². The van der Waals surface area contributed by atoms with Gasteiger partial charge in [-0.15, -0.1) is 3.89 Å². The van der Waals surface area contributed by atoms with Gasteiger partial charge >= 0.3 is 6.09 Å². The van der Waals surface area contributed by atoms with Gasteiger partial charge in [0.05, 0.1) is 6.54 Å². The first kappa shape index (κ1) is 11.8. The van der Waals surface area contributed by atoms with Crippen LogP contribution < -0.4 is 0 Å². The first-order valence-corrected chi connectivity index (χ1v) is 4.77. The Kier molecular flexibility index (Phi) is 4.36. The van der Waals surface area contributed by atoms with Crippen molar-refractivity contribution in [2.24, 2.45) is 0 Å². The largest absolute Gasteiger partial charge is 0.464 e. The maximum absolute atomic E-state index is 12.1. The summed E-state index contributed by atoms with van der Waals surface area (Å²) in [7, 11) is 0. The van der Waals surface area contributed by atoms with Crippen LogP contribution in [0.1, 0.15) is 11.1 Å². The van der Waals surface area contributed by atoms with Crippen molar-refractivity contribution in [3.63, 3.8) is 0 Å². The summed E-state index contributed by atoms with van der Waals surface area (Å²) < 4.78 is 24.8. The average molecular weight is 233 g/mol. The first-order valence-electron chi connectivity index (χ1n) is 4.10. The van der Waals surface area contributed by atoms with E-state index in [1.165, 1.54) is 12.1 Å². The predicted octanol–water partition coefficient (Wildman–Crippen LogP) is 3.17. The second-order valence-electron chi connectivity index (χ2n) is 2.84. The zero-order valence-electron chi connectivity index (χ0n) is 7.69. The van der Waals surface area contributed by atoms with E-state index in [9.17, 15) is 13.1 Å². The third kappa shape index (κ3) is 3.39. The number of hydrogen-bond donors (Lipinski definition) is 1. The zero-order valence-corrected chi connectivity index (χ0v) is 8.51. The topological polar surface area (TPSA) is 40.5 Å². The maximum Gasteiger partial charge on any atom is 0.419 e. The molecule has 0 fully saturated rings. The van der Waals surface area contributed by atoms with Crippen molar-refractivity contribution in [3.05, 3.63) is 35.4 Å². The molecule has 0 aliphatic heterocycles. The highest BCUT2D eigenvalue weighted by Gasteiger charge is 2.13. The molecule has 15 heavy (non-hydrogen) atoms. The number of hydrogen-bond acceptors (Lipinski definition) is 2. The van der Waals surface area contributed by atoms with E-state index in [2.05, 4.69) is 0 Å². The maximum atomic E-state index is 12.1. The van der Waals surface area contributed by atoms with E-state index < -0.39 is 12.8 Å². The van der Waals surface area contributed by atoms with Crippen LogP contribution in [-0.4, -0.2) is 15.5 Å². The molecule has 82 valence electrons. The number of halogens is 2. The molecule has 0 aromatic heterocycles. The summed E-state index contributed by atoms with van der Waals surface area (Å²) in [6.45, 7) is -0.635. The monoisotopic (exact) mass is 233 g/mol. The molecular formula is C9H9F2NO2S. The quantitative estimate of drug-likeness (QED) is 0.812. The van der Waals surface area contributed by atoms with Gasteiger partial charge in [-0.25, -0.2) is 13.5 Å².